The number of thioether (sulfide) groups is 1. The number of hydrogen-bond donors (Lipinski definition) is 0. The second-order valence-electron chi connectivity index (χ2n) is 7.84. The van der Waals surface area contributed by atoms with Crippen LogP contribution in [0.2, 0.25) is 10.0 Å². The second-order valence-corrected chi connectivity index (χ2v) is 9.67. The number of carbonyl (C=O) groups is 3. The molecule has 4 rings (SSSR count). The van der Waals surface area contributed by atoms with Crippen molar-refractivity contribution in [3.63, 3.8) is 0 Å². The molecule has 194 valence electrons. The zero-order chi connectivity index (χ0) is 27.4. The molecule has 1 heterocycles. The number of non-ortho nitro benzene ring substituents is 1. The summed E-state index contributed by atoms with van der Waals surface area (Å²) in [5.74, 6) is -0.838. The lowest BCUT2D eigenvalue weighted by atomic mass is 10.1. The number of carbonyl (C=O) groups excluding carboxylic acids is 3. The number of imide groups is 1. The number of halogens is 2. The fourth-order valence-electron chi connectivity index (χ4n) is 3.45. The van der Waals surface area contributed by atoms with Crippen molar-refractivity contribution in [2.75, 3.05) is 6.61 Å². The largest absolute Gasteiger partial charge is 0.490 e. The number of rotatable bonds is 8. The maximum Gasteiger partial charge on any atom is 0.343 e. The summed E-state index contributed by atoms with van der Waals surface area (Å²) in [7, 11) is 0. The Morgan fingerprint density at radius 2 is 1.79 bits per heavy atom. The first-order valence-corrected chi connectivity index (χ1v) is 12.7. The number of nitro groups is 1. The zero-order valence-corrected chi connectivity index (χ0v) is 22.0. The molecule has 0 aromatic heterocycles. The highest BCUT2D eigenvalue weighted by atomic mass is 35.5. The smallest absolute Gasteiger partial charge is 0.343 e. The Morgan fingerprint density at radius 3 is 2.45 bits per heavy atom. The minimum atomic E-state index is -0.726. The second kappa shape index (κ2) is 11.7. The predicted molar refractivity (Wildman–Crippen MR) is 144 cm³/mol. The molecule has 0 unspecified atom stereocenters. The number of benzene rings is 3. The molecule has 0 bridgehead atoms. The Hall–Kier alpha value is -3.86. The van der Waals surface area contributed by atoms with Crippen LogP contribution in [0.25, 0.3) is 6.08 Å². The molecular weight excluding hydrogens is 555 g/mol. The summed E-state index contributed by atoms with van der Waals surface area (Å²) in [6.45, 7) is 2.02. The minimum Gasteiger partial charge on any atom is -0.490 e. The van der Waals surface area contributed by atoms with Crippen molar-refractivity contribution in [2.45, 2.75) is 13.5 Å². The highest BCUT2D eigenvalue weighted by Gasteiger charge is 2.35. The van der Waals surface area contributed by atoms with E-state index in [9.17, 15) is 24.5 Å². The molecule has 0 atom stereocenters. The van der Waals surface area contributed by atoms with Crippen molar-refractivity contribution in [2.24, 2.45) is 0 Å². The van der Waals surface area contributed by atoms with Gasteiger partial charge in [0.15, 0.2) is 11.5 Å². The molecule has 12 heteroatoms. The SMILES string of the molecule is CCOc1cc(/C=C2\SC(=O)N(Cc3ccc(Cl)cc3Cl)C2=O)ccc1OC(=O)c1ccc([N+](=O)[O-])cc1. The van der Waals surface area contributed by atoms with Crippen LogP contribution in [-0.2, 0) is 11.3 Å². The van der Waals surface area contributed by atoms with E-state index < -0.39 is 22.0 Å². The lowest BCUT2D eigenvalue weighted by Crippen LogP contribution is -2.27. The van der Waals surface area contributed by atoms with Crippen molar-refractivity contribution in [1.82, 2.24) is 4.90 Å². The van der Waals surface area contributed by atoms with E-state index in [2.05, 4.69) is 0 Å². The molecule has 2 amide bonds. The highest BCUT2D eigenvalue weighted by molar-refractivity contribution is 8.18. The minimum absolute atomic E-state index is 0.000260. The van der Waals surface area contributed by atoms with Gasteiger partial charge in [0.2, 0.25) is 0 Å². The van der Waals surface area contributed by atoms with Crippen LogP contribution in [0.3, 0.4) is 0 Å². The maximum atomic E-state index is 13.0. The average molecular weight is 573 g/mol. The molecule has 38 heavy (non-hydrogen) atoms. The van der Waals surface area contributed by atoms with Crippen molar-refractivity contribution in [3.8, 4) is 11.5 Å². The van der Waals surface area contributed by atoms with Gasteiger partial charge < -0.3 is 9.47 Å². The Labute approximate surface area is 231 Å². The van der Waals surface area contributed by atoms with Crippen molar-refractivity contribution in [1.29, 1.82) is 0 Å². The summed E-state index contributed by atoms with van der Waals surface area (Å²) >= 11 is 12.9. The van der Waals surface area contributed by atoms with Crippen LogP contribution >= 0.6 is 35.0 Å². The Kier molecular flexibility index (Phi) is 8.35. The lowest BCUT2D eigenvalue weighted by molar-refractivity contribution is -0.384. The van der Waals surface area contributed by atoms with Gasteiger partial charge in [-0.25, -0.2) is 4.79 Å². The van der Waals surface area contributed by atoms with Crippen LogP contribution in [0.15, 0.2) is 65.6 Å². The van der Waals surface area contributed by atoms with Crippen LogP contribution < -0.4 is 9.47 Å². The third kappa shape index (κ3) is 6.16. The normalized spacial score (nSPS) is 14.2. The van der Waals surface area contributed by atoms with Gasteiger partial charge in [-0.2, -0.15) is 0 Å². The number of nitrogens with zero attached hydrogens (tertiary/aromatic N) is 2. The first-order chi connectivity index (χ1) is 18.2. The first-order valence-electron chi connectivity index (χ1n) is 11.1. The Morgan fingerprint density at radius 1 is 1.05 bits per heavy atom. The molecular formula is C26H18Cl2N2O7S. The third-order valence-corrected chi connectivity index (χ3v) is 6.79. The Bertz CT molecular complexity index is 1470. The van der Waals surface area contributed by atoms with Crippen LogP contribution in [0, 0.1) is 10.1 Å². The summed E-state index contributed by atoms with van der Waals surface area (Å²) in [5, 5.41) is 11.2. The number of hydrogen-bond acceptors (Lipinski definition) is 8. The van der Waals surface area contributed by atoms with Gasteiger partial charge in [0.25, 0.3) is 16.8 Å². The predicted octanol–water partition coefficient (Wildman–Crippen LogP) is 6.76. The Balaban J connectivity index is 1.52. The van der Waals surface area contributed by atoms with Crippen molar-refractivity contribution in [3.05, 3.63) is 102 Å². The molecule has 3 aromatic carbocycles. The molecule has 0 aliphatic carbocycles. The van der Waals surface area contributed by atoms with Gasteiger partial charge in [-0.05, 0) is 72.3 Å². The van der Waals surface area contributed by atoms with Gasteiger partial charge in [-0.1, -0.05) is 35.3 Å². The molecule has 0 N–H and O–H groups in total. The molecule has 0 saturated carbocycles. The molecule has 9 nitrogen and oxygen atoms in total. The van der Waals surface area contributed by atoms with E-state index in [1.165, 1.54) is 30.3 Å². The van der Waals surface area contributed by atoms with Crippen LogP contribution in [-0.4, -0.2) is 33.5 Å². The van der Waals surface area contributed by atoms with Gasteiger partial charge in [0, 0.05) is 22.2 Å². The summed E-state index contributed by atoms with van der Waals surface area (Å²) in [4.78, 5) is 49.6. The molecule has 1 saturated heterocycles. The molecule has 1 aliphatic rings. The number of amides is 2. The fourth-order valence-corrected chi connectivity index (χ4v) is 4.76. The highest BCUT2D eigenvalue weighted by Crippen LogP contribution is 2.36. The summed E-state index contributed by atoms with van der Waals surface area (Å²) < 4.78 is 11.0. The molecule has 3 aromatic rings. The zero-order valence-electron chi connectivity index (χ0n) is 19.7. The van der Waals surface area contributed by atoms with Crippen molar-refractivity contribution >= 4 is 63.8 Å². The monoisotopic (exact) mass is 572 g/mol. The van der Waals surface area contributed by atoms with Gasteiger partial charge in [0.1, 0.15) is 0 Å². The molecule has 1 aliphatic heterocycles. The number of ether oxygens (including phenoxy) is 2. The fraction of sp³-hybridized carbons (Fsp3) is 0.115. The van der Waals surface area contributed by atoms with E-state index in [1.807, 2.05) is 0 Å². The maximum absolute atomic E-state index is 13.0. The molecule has 1 fully saturated rings. The van der Waals surface area contributed by atoms with Crippen LogP contribution in [0.5, 0.6) is 11.5 Å². The number of esters is 1. The van der Waals surface area contributed by atoms with E-state index in [0.29, 0.717) is 21.2 Å². The van der Waals surface area contributed by atoms with Gasteiger partial charge in [0.05, 0.1) is 28.5 Å². The average Bonchev–Trinajstić information content (AvgIpc) is 3.14. The van der Waals surface area contributed by atoms with E-state index in [1.54, 1.807) is 43.3 Å². The van der Waals surface area contributed by atoms with E-state index >= 15 is 0 Å². The van der Waals surface area contributed by atoms with E-state index in [-0.39, 0.29) is 40.8 Å². The van der Waals surface area contributed by atoms with E-state index in [4.69, 9.17) is 32.7 Å². The standard InChI is InChI=1S/C26H18Cl2N2O7S/c1-2-36-22-11-15(3-10-21(22)37-25(32)16-5-8-19(9-6-16)30(34)35)12-23-24(31)29(26(33)38-23)14-17-4-7-18(27)13-20(17)28/h3-13H,2,14H2,1H3/b23-12-. The third-order valence-electron chi connectivity index (χ3n) is 5.30. The van der Waals surface area contributed by atoms with Crippen LogP contribution in [0.4, 0.5) is 10.5 Å². The van der Waals surface area contributed by atoms with Crippen LogP contribution in [0.1, 0.15) is 28.4 Å². The molecule has 0 radical (unpaired) electrons. The van der Waals surface area contributed by atoms with Gasteiger partial charge >= 0.3 is 5.97 Å². The van der Waals surface area contributed by atoms with E-state index in [0.717, 1.165) is 16.7 Å². The van der Waals surface area contributed by atoms with Gasteiger partial charge in [-0.15, -0.1) is 0 Å². The first kappa shape index (κ1) is 27.2. The number of nitro benzene ring substituents is 1. The van der Waals surface area contributed by atoms with Crippen molar-refractivity contribution < 1.29 is 28.8 Å². The summed E-state index contributed by atoms with van der Waals surface area (Å²) in [5.41, 5.74) is 1.09. The quantitative estimate of drug-likeness (QED) is 0.0955. The molecule has 0 spiro atoms. The summed E-state index contributed by atoms with van der Waals surface area (Å²) in [6.07, 6.45) is 1.54. The lowest BCUT2D eigenvalue weighted by Gasteiger charge is -2.14. The topological polar surface area (TPSA) is 116 Å². The van der Waals surface area contributed by atoms with Gasteiger partial charge in [-0.3, -0.25) is 24.6 Å². The summed E-state index contributed by atoms with van der Waals surface area (Å²) in [6, 6.07) is 14.5.